The Morgan fingerprint density at radius 1 is 1.06 bits per heavy atom. The predicted molar refractivity (Wildman–Crippen MR) is 126 cm³/mol. The smallest absolute Gasteiger partial charge is 0.345 e. The molecule has 3 heterocycles. The van der Waals surface area contributed by atoms with E-state index in [1.807, 2.05) is 18.2 Å². The number of aliphatic hydroxyl groups excluding tert-OH is 1. The van der Waals surface area contributed by atoms with Gasteiger partial charge in [-0.15, -0.1) is 0 Å². The molecule has 1 unspecified atom stereocenters. The summed E-state index contributed by atoms with van der Waals surface area (Å²) in [5, 5.41) is 13.2. The molecule has 0 spiro atoms. The van der Waals surface area contributed by atoms with Gasteiger partial charge in [0.2, 0.25) is 5.95 Å². The Labute approximate surface area is 205 Å². The van der Waals surface area contributed by atoms with Crippen molar-refractivity contribution in [3.8, 4) is 11.4 Å². The molecule has 5 rings (SSSR count). The van der Waals surface area contributed by atoms with Gasteiger partial charge in [-0.05, 0) is 42.2 Å². The predicted octanol–water partition coefficient (Wildman–Crippen LogP) is 3.50. The lowest BCUT2D eigenvalue weighted by Gasteiger charge is -2.36. The fourth-order valence-corrected chi connectivity index (χ4v) is 4.47. The van der Waals surface area contributed by atoms with Crippen molar-refractivity contribution in [2.75, 3.05) is 37.7 Å². The average molecular weight is 496 g/mol. The Balaban J connectivity index is 1.29. The Morgan fingerprint density at radius 3 is 2.61 bits per heavy atom. The van der Waals surface area contributed by atoms with Crippen LogP contribution in [0.3, 0.4) is 0 Å². The molecule has 1 aliphatic heterocycles. The van der Waals surface area contributed by atoms with Crippen LogP contribution in [0, 0.1) is 23.8 Å². The number of halogens is 3. The highest BCUT2D eigenvalue weighted by Gasteiger charge is 2.26. The van der Waals surface area contributed by atoms with E-state index in [-0.39, 0.29) is 29.7 Å². The molecule has 2 aromatic heterocycles. The molecular weight excluding hydrogens is 473 g/mol. The van der Waals surface area contributed by atoms with Crippen LogP contribution in [0.1, 0.15) is 12.0 Å². The number of hydrogen-bond donors (Lipinski definition) is 1. The van der Waals surface area contributed by atoms with Gasteiger partial charge < -0.3 is 14.9 Å². The van der Waals surface area contributed by atoms with Crippen molar-refractivity contribution >= 4 is 17.3 Å². The fourth-order valence-electron chi connectivity index (χ4n) is 4.47. The molecule has 8 nitrogen and oxygen atoms in total. The quantitative estimate of drug-likeness (QED) is 0.430. The first-order chi connectivity index (χ1) is 17.4. The minimum Gasteiger partial charge on any atom is -0.396 e. The van der Waals surface area contributed by atoms with Crippen molar-refractivity contribution in [1.82, 2.24) is 24.6 Å². The minimum atomic E-state index is -1.23. The standard InChI is InChI=1S/C25H23F3N6O2/c26-20-4-3-18(14-19(20)17-2-1-16(13-17)6-12-35)32-8-10-33(11-9-32)25(36)34-22(5-7-29-34)21-15-23(27)31-24(28)30-21/h1-5,7,13-16,35H,6,8-12H2. The Hall–Kier alpha value is -3.99. The number of carbonyl (C=O) groups excluding carboxylic acids is 1. The second-order valence-electron chi connectivity index (χ2n) is 8.55. The summed E-state index contributed by atoms with van der Waals surface area (Å²) in [6.07, 6.45) is 6.50. The maximum Gasteiger partial charge on any atom is 0.345 e. The lowest BCUT2D eigenvalue weighted by Crippen LogP contribution is -2.50. The van der Waals surface area contributed by atoms with Crippen LogP contribution in [0.4, 0.5) is 23.7 Å². The SMILES string of the molecule is O=C(N1CCN(c2ccc(F)c(C3=CC(CCO)C=C3)c2)CC1)n1nccc1-c1cc(F)nc(F)n1. The zero-order valence-electron chi connectivity index (χ0n) is 19.2. The molecule has 1 fully saturated rings. The van der Waals surface area contributed by atoms with Gasteiger partial charge in [0.05, 0.1) is 17.6 Å². The van der Waals surface area contributed by atoms with Crippen LogP contribution in [0.2, 0.25) is 0 Å². The van der Waals surface area contributed by atoms with Gasteiger partial charge >= 0.3 is 12.1 Å². The van der Waals surface area contributed by atoms with E-state index in [0.29, 0.717) is 38.2 Å². The maximum atomic E-state index is 14.6. The van der Waals surface area contributed by atoms with E-state index < -0.39 is 18.1 Å². The van der Waals surface area contributed by atoms with E-state index in [0.717, 1.165) is 22.0 Å². The number of amides is 1. The van der Waals surface area contributed by atoms with E-state index in [9.17, 15) is 18.0 Å². The van der Waals surface area contributed by atoms with Crippen LogP contribution in [0.15, 0.2) is 54.8 Å². The molecule has 0 radical (unpaired) electrons. The number of aromatic nitrogens is 4. The third-order valence-electron chi connectivity index (χ3n) is 6.31. The topological polar surface area (TPSA) is 87.4 Å². The number of allylic oxidation sites excluding steroid dienone is 4. The van der Waals surface area contributed by atoms with Gasteiger partial charge in [0.1, 0.15) is 5.82 Å². The van der Waals surface area contributed by atoms with Crippen LogP contribution < -0.4 is 4.90 Å². The van der Waals surface area contributed by atoms with E-state index in [1.165, 1.54) is 18.3 Å². The molecule has 186 valence electrons. The third-order valence-corrected chi connectivity index (χ3v) is 6.31. The monoisotopic (exact) mass is 496 g/mol. The highest BCUT2D eigenvalue weighted by molar-refractivity contribution is 5.81. The molecule has 1 atom stereocenters. The van der Waals surface area contributed by atoms with Gasteiger partial charge in [-0.25, -0.2) is 14.2 Å². The van der Waals surface area contributed by atoms with Gasteiger partial charge in [0.25, 0.3) is 0 Å². The van der Waals surface area contributed by atoms with Gasteiger partial charge in [-0.3, -0.25) is 0 Å². The zero-order chi connectivity index (χ0) is 25.2. The number of piperazine rings is 1. The zero-order valence-corrected chi connectivity index (χ0v) is 19.2. The Morgan fingerprint density at radius 2 is 1.86 bits per heavy atom. The number of aliphatic hydroxyl groups is 1. The number of hydrogen-bond acceptors (Lipinski definition) is 6. The van der Waals surface area contributed by atoms with Crippen molar-refractivity contribution in [3.05, 3.63) is 78.2 Å². The molecular formula is C25H23F3N6O2. The molecule has 3 aromatic rings. The second-order valence-corrected chi connectivity index (χ2v) is 8.55. The summed E-state index contributed by atoms with van der Waals surface area (Å²) in [5.41, 5.74) is 2.19. The van der Waals surface area contributed by atoms with Crippen molar-refractivity contribution in [2.45, 2.75) is 6.42 Å². The van der Waals surface area contributed by atoms with E-state index in [4.69, 9.17) is 5.11 Å². The van der Waals surface area contributed by atoms with Gasteiger partial charge in [-0.1, -0.05) is 18.2 Å². The molecule has 2 aliphatic rings. The number of rotatable bonds is 5. The van der Waals surface area contributed by atoms with Crippen molar-refractivity contribution in [2.24, 2.45) is 5.92 Å². The largest absolute Gasteiger partial charge is 0.396 e. The van der Waals surface area contributed by atoms with Crippen LogP contribution in [0.25, 0.3) is 17.0 Å². The van der Waals surface area contributed by atoms with Crippen LogP contribution in [0.5, 0.6) is 0 Å². The van der Waals surface area contributed by atoms with Crippen LogP contribution in [-0.4, -0.2) is 68.6 Å². The average Bonchev–Trinajstić information content (AvgIpc) is 3.54. The number of benzene rings is 1. The van der Waals surface area contributed by atoms with Gasteiger partial charge in [-0.2, -0.15) is 23.5 Å². The normalized spacial score (nSPS) is 17.6. The summed E-state index contributed by atoms with van der Waals surface area (Å²) in [6.45, 7) is 1.83. The van der Waals surface area contributed by atoms with Gasteiger partial charge in [0, 0.05) is 50.1 Å². The maximum absolute atomic E-state index is 14.6. The van der Waals surface area contributed by atoms with Crippen molar-refractivity contribution < 1.29 is 23.1 Å². The lowest BCUT2D eigenvalue weighted by molar-refractivity contribution is 0.193. The number of carbonyl (C=O) groups is 1. The summed E-state index contributed by atoms with van der Waals surface area (Å²) in [5.74, 6) is -1.28. The number of anilines is 1. The van der Waals surface area contributed by atoms with E-state index >= 15 is 0 Å². The molecule has 1 amide bonds. The van der Waals surface area contributed by atoms with Crippen molar-refractivity contribution in [1.29, 1.82) is 0 Å². The first-order valence-electron chi connectivity index (χ1n) is 11.5. The molecule has 1 N–H and O–H groups in total. The molecule has 11 heteroatoms. The molecule has 36 heavy (non-hydrogen) atoms. The fraction of sp³-hybridized carbons (Fsp3) is 0.280. The summed E-state index contributed by atoms with van der Waals surface area (Å²) >= 11 is 0. The van der Waals surface area contributed by atoms with Crippen LogP contribution in [-0.2, 0) is 0 Å². The molecule has 1 aromatic carbocycles. The summed E-state index contributed by atoms with van der Waals surface area (Å²) < 4.78 is 42.7. The van der Waals surface area contributed by atoms with E-state index in [2.05, 4.69) is 20.0 Å². The number of nitrogens with zero attached hydrogens (tertiary/aromatic N) is 6. The second kappa shape index (κ2) is 9.94. The Kier molecular flexibility index (Phi) is 6.55. The summed E-state index contributed by atoms with van der Waals surface area (Å²) in [6, 6.07) is 6.90. The first kappa shape index (κ1) is 23.7. The van der Waals surface area contributed by atoms with E-state index in [1.54, 1.807) is 17.0 Å². The summed E-state index contributed by atoms with van der Waals surface area (Å²) in [4.78, 5) is 23.3. The summed E-state index contributed by atoms with van der Waals surface area (Å²) in [7, 11) is 0. The highest BCUT2D eigenvalue weighted by atomic mass is 19.1. The third kappa shape index (κ3) is 4.74. The van der Waals surface area contributed by atoms with Crippen molar-refractivity contribution in [3.63, 3.8) is 0 Å². The molecule has 1 aliphatic carbocycles. The van der Waals surface area contributed by atoms with Crippen LogP contribution >= 0.6 is 0 Å². The molecule has 1 saturated heterocycles. The molecule has 0 bridgehead atoms. The first-order valence-corrected chi connectivity index (χ1v) is 11.5. The lowest BCUT2D eigenvalue weighted by atomic mass is 10.0. The highest BCUT2D eigenvalue weighted by Crippen LogP contribution is 2.31. The van der Waals surface area contributed by atoms with Gasteiger partial charge in [0.15, 0.2) is 0 Å². The molecule has 0 saturated carbocycles. The Bertz CT molecular complexity index is 1330. The minimum absolute atomic E-state index is 0.0666.